The molecule has 15 heavy (non-hydrogen) atoms. The van der Waals surface area contributed by atoms with Crippen LogP contribution in [-0.2, 0) is 0 Å². The number of hydrogen-bond acceptors (Lipinski definition) is 1. The Morgan fingerprint density at radius 1 is 1.33 bits per heavy atom. The van der Waals surface area contributed by atoms with Crippen LogP contribution in [0, 0.1) is 0 Å². The van der Waals surface area contributed by atoms with Gasteiger partial charge in [-0.25, -0.2) is 4.68 Å². The third kappa shape index (κ3) is 1.18. The summed E-state index contributed by atoms with van der Waals surface area (Å²) < 4.78 is 1.38. The van der Waals surface area contributed by atoms with Gasteiger partial charge in [0.2, 0.25) is 0 Å². The summed E-state index contributed by atoms with van der Waals surface area (Å²) in [5, 5.41) is 5.00. The summed E-state index contributed by atoms with van der Waals surface area (Å²) in [5.41, 5.74) is 2.01. The maximum absolute atomic E-state index is 11.0. The summed E-state index contributed by atoms with van der Waals surface area (Å²) in [6, 6.07) is 10.1. The van der Waals surface area contributed by atoms with Crippen molar-refractivity contribution in [1.82, 2.24) is 9.78 Å². The third-order valence-electron chi connectivity index (χ3n) is 2.54. The summed E-state index contributed by atoms with van der Waals surface area (Å²) in [6.45, 7) is 0. The van der Waals surface area contributed by atoms with Crippen LogP contribution < -0.4 is 0 Å². The zero-order chi connectivity index (χ0) is 10.4. The Morgan fingerprint density at radius 2 is 2.13 bits per heavy atom. The highest BCUT2D eigenvalue weighted by atomic mass is 32.1. The number of H-pyrrole nitrogens is 1. The quantitative estimate of drug-likeness (QED) is 0.557. The Labute approximate surface area is 91.4 Å². The second-order valence-corrected chi connectivity index (χ2v) is 3.84. The zero-order valence-corrected chi connectivity index (χ0v) is 8.66. The highest BCUT2D eigenvalue weighted by Crippen LogP contribution is 2.32. The lowest BCUT2D eigenvalue weighted by Crippen LogP contribution is -2.01. The summed E-state index contributed by atoms with van der Waals surface area (Å²) in [7, 11) is 0. The number of nitrogens with one attached hydrogen (secondary N) is 1. The van der Waals surface area contributed by atoms with E-state index >= 15 is 0 Å². The SMILES string of the molecule is O=C(S)n1cc2cc3ccccc3c-2[nH]1. The molecule has 0 radical (unpaired) electrons. The van der Waals surface area contributed by atoms with Crippen molar-refractivity contribution in [3.05, 3.63) is 36.5 Å². The number of carbonyl (C=O) groups excluding carboxylic acids is 1. The van der Waals surface area contributed by atoms with E-state index in [1.807, 2.05) is 24.3 Å². The van der Waals surface area contributed by atoms with E-state index in [4.69, 9.17) is 0 Å². The molecule has 1 N–H and O–H groups in total. The average molecular weight is 216 g/mol. The largest absolute Gasteiger partial charge is 0.301 e. The molecule has 1 aliphatic carbocycles. The van der Waals surface area contributed by atoms with Gasteiger partial charge in [-0.2, -0.15) is 0 Å². The van der Waals surface area contributed by atoms with Gasteiger partial charge in [0.1, 0.15) is 0 Å². The Balaban J connectivity index is 2.37. The fraction of sp³-hybridized carbons (Fsp3) is 0. The highest BCUT2D eigenvalue weighted by molar-refractivity contribution is 7.96. The number of nitrogens with zero attached hydrogens (tertiary/aromatic N) is 1. The Morgan fingerprint density at radius 3 is 2.93 bits per heavy atom. The number of fused-ring (bicyclic) bond motifs is 3. The van der Waals surface area contributed by atoms with E-state index in [0.29, 0.717) is 0 Å². The van der Waals surface area contributed by atoms with Crippen LogP contribution in [0.3, 0.4) is 0 Å². The monoisotopic (exact) mass is 216 g/mol. The summed E-state index contributed by atoms with van der Waals surface area (Å²) in [6.07, 6.45) is 1.75. The molecule has 0 saturated carbocycles. The molecule has 1 aromatic rings. The van der Waals surface area contributed by atoms with E-state index in [2.05, 4.69) is 23.8 Å². The standard InChI is InChI=1S/C11H8N2OS/c14-11(15)13-6-8-5-7-3-1-2-4-9(7)10(8)12-13/h1-6,12H,(H,14,15). The van der Waals surface area contributed by atoms with E-state index in [1.54, 1.807) is 6.20 Å². The molecular weight excluding hydrogens is 208 g/mol. The molecule has 1 heterocycles. The van der Waals surface area contributed by atoms with Crippen LogP contribution in [0.25, 0.3) is 22.0 Å². The van der Waals surface area contributed by atoms with Gasteiger partial charge in [-0.15, -0.1) is 0 Å². The lowest BCUT2D eigenvalue weighted by molar-refractivity contribution is 0.260. The molecule has 0 saturated heterocycles. The summed E-state index contributed by atoms with van der Waals surface area (Å²) >= 11 is 3.76. The van der Waals surface area contributed by atoms with Crippen LogP contribution in [-0.4, -0.2) is 15.0 Å². The van der Waals surface area contributed by atoms with Gasteiger partial charge in [-0.05, 0) is 11.5 Å². The molecular formula is C11H8N2OS. The molecule has 0 spiro atoms. The average Bonchev–Trinajstić information content (AvgIpc) is 2.73. The van der Waals surface area contributed by atoms with Crippen molar-refractivity contribution in [2.75, 3.05) is 0 Å². The molecule has 74 valence electrons. The van der Waals surface area contributed by atoms with E-state index in [-0.39, 0.29) is 5.24 Å². The molecule has 1 aliphatic heterocycles. The van der Waals surface area contributed by atoms with E-state index in [1.165, 1.54) is 10.1 Å². The Hall–Kier alpha value is -1.68. The van der Waals surface area contributed by atoms with Gasteiger partial charge in [-0.3, -0.25) is 9.89 Å². The predicted molar refractivity (Wildman–Crippen MR) is 62.7 cm³/mol. The molecule has 4 heteroatoms. The molecule has 0 bridgehead atoms. The minimum atomic E-state index is -0.310. The van der Waals surface area contributed by atoms with Crippen molar-refractivity contribution in [1.29, 1.82) is 0 Å². The van der Waals surface area contributed by atoms with Crippen molar-refractivity contribution in [2.45, 2.75) is 0 Å². The highest BCUT2D eigenvalue weighted by Gasteiger charge is 2.13. The van der Waals surface area contributed by atoms with Crippen molar-refractivity contribution in [3.63, 3.8) is 0 Å². The first-order valence-electron chi connectivity index (χ1n) is 4.58. The van der Waals surface area contributed by atoms with Crippen molar-refractivity contribution < 1.29 is 4.79 Å². The number of aromatic nitrogens is 2. The van der Waals surface area contributed by atoms with Gasteiger partial charge < -0.3 is 0 Å². The fourth-order valence-electron chi connectivity index (χ4n) is 1.87. The number of rotatable bonds is 0. The molecule has 0 unspecified atom stereocenters. The van der Waals surface area contributed by atoms with E-state index in [9.17, 15) is 4.79 Å². The van der Waals surface area contributed by atoms with Gasteiger partial charge in [-0.1, -0.05) is 36.9 Å². The van der Waals surface area contributed by atoms with Gasteiger partial charge in [0.05, 0.1) is 5.69 Å². The molecule has 0 amide bonds. The van der Waals surface area contributed by atoms with Gasteiger partial charge in [0.15, 0.2) is 0 Å². The summed E-state index contributed by atoms with van der Waals surface area (Å²) in [4.78, 5) is 11.0. The Bertz CT molecular complexity index is 623. The van der Waals surface area contributed by atoms with Crippen LogP contribution >= 0.6 is 12.6 Å². The predicted octanol–water partition coefficient (Wildman–Crippen LogP) is 2.97. The first-order valence-corrected chi connectivity index (χ1v) is 5.02. The third-order valence-corrected chi connectivity index (χ3v) is 2.75. The van der Waals surface area contributed by atoms with Crippen molar-refractivity contribution in [3.8, 4) is 11.3 Å². The van der Waals surface area contributed by atoms with Crippen LogP contribution in [0.1, 0.15) is 0 Å². The summed E-state index contributed by atoms with van der Waals surface area (Å²) in [5.74, 6) is 0. The smallest absolute Gasteiger partial charge is 0.290 e. The van der Waals surface area contributed by atoms with E-state index in [0.717, 1.165) is 16.6 Å². The normalized spacial score (nSPS) is 11.3. The lowest BCUT2D eigenvalue weighted by Gasteiger charge is -1.93. The number of hydrogen-bond donors (Lipinski definition) is 2. The first-order chi connectivity index (χ1) is 7.25. The maximum Gasteiger partial charge on any atom is 0.301 e. The van der Waals surface area contributed by atoms with Crippen LogP contribution in [0.2, 0.25) is 0 Å². The minimum Gasteiger partial charge on any atom is -0.290 e. The van der Waals surface area contributed by atoms with Crippen LogP contribution in [0.15, 0.2) is 36.5 Å². The van der Waals surface area contributed by atoms with Crippen molar-refractivity contribution in [2.24, 2.45) is 0 Å². The molecule has 3 rings (SSSR count). The van der Waals surface area contributed by atoms with E-state index < -0.39 is 0 Å². The zero-order valence-electron chi connectivity index (χ0n) is 7.77. The van der Waals surface area contributed by atoms with Crippen molar-refractivity contribution >= 4 is 28.6 Å². The van der Waals surface area contributed by atoms with Gasteiger partial charge in [0, 0.05) is 17.1 Å². The Kier molecular flexibility index (Phi) is 1.67. The number of benzene rings is 1. The van der Waals surface area contributed by atoms with Crippen LogP contribution in [0.5, 0.6) is 0 Å². The van der Waals surface area contributed by atoms with Gasteiger partial charge in [0.25, 0.3) is 0 Å². The maximum atomic E-state index is 11.0. The molecule has 0 aromatic heterocycles. The topological polar surface area (TPSA) is 37.8 Å². The molecule has 3 nitrogen and oxygen atoms in total. The van der Waals surface area contributed by atoms with Gasteiger partial charge >= 0.3 is 5.24 Å². The first kappa shape index (κ1) is 8.61. The second-order valence-electron chi connectivity index (χ2n) is 3.46. The fourth-order valence-corrected chi connectivity index (χ4v) is 1.97. The lowest BCUT2D eigenvalue weighted by atomic mass is 10.2. The molecule has 1 aromatic carbocycles. The second kappa shape index (κ2) is 2.90. The minimum absolute atomic E-state index is 0.310. The molecule has 0 fully saturated rings. The number of thiol groups is 1. The van der Waals surface area contributed by atoms with Crippen LogP contribution in [0.4, 0.5) is 4.79 Å². The number of aromatic amines is 1. The number of carbonyl (C=O) groups is 1. The molecule has 2 aliphatic rings. The molecule has 0 atom stereocenters.